The van der Waals surface area contributed by atoms with E-state index in [4.69, 9.17) is 0 Å². The first kappa shape index (κ1) is 14.5. The molecule has 1 atom stereocenters. The van der Waals surface area contributed by atoms with Crippen molar-refractivity contribution in [2.75, 3.05) is 0 Å². The normalized spacial score (nSPS) is 15.6. The number of benzene rings is 1. The van der Waals surface area contributed by atoms with Crippen LogP contribution >= 0.6 is 0 Å². The third kappa shape index (κ3) is 2.99. The van der Waals surface area contributed by atoms with E-state index in [1.807, 2.05) is 12.1 Å². The van der Waals surface area contributed by atoms with Crippen LogP contribution in [0.2, 0.25) is 0 Å². The molecule has 0 fully saturated rings. The zero-order valence-electron chi connectivity index (χ0n) is 12.0. The smallest absolute Gasteiger partial charge is 0.326 e. The Morgan fingerprint density at radius 1 is 1.25 bits per heavy atom. The quantitative estimate of drug-likeness (QED) is 0.782. The van der Waals surface area contributed by atoms with Crippen LogP contribution in [0.25, 0.3) is 0 Å². The molecule has 0 radical (unpaired) electrons. The summed E-state index contributed by atoms with van der Waals surface area (Å²) in [5.74, 6) is -1.37. The van der Waals surface area contributed by atoms with Crippen molar-refractivity contribution in [3.63, 3.8) is 0 Å². The summed E-state index contributed by atoms with van der Waals surface area (Å²) in [6, 6.07) is 4.56. The molecule has 0 aromatic heterocycles. The van der Waals surface area contributed by atoms with Gasteiger partial charge in [-0.25, -0.2) is 4.79 Å². The molecule has 1 heterocycles. The molecule has 20 heavy (non-hydrogen) atoms. The number of hydrogen-bond acceptors (Lipinski definition) is 3. The van der Waals surface area contributed by atoms with Crippen molar-refractivity contribution in [1.29, 1.82) is 0 Å². The highest BCUT2D eigenvalue weighted by molar-refractivity contribution is 5.97. The van der Waals surface area contributed by atoms with Gasteiger partial charge in [0.25, 0.3) is 5.91 Å². The largest absolute Gasteiger partial charge is 0.480 e. The first-order chi connectivity index (χ1) is 9.29. The number of hydrogen-bond donors (Lipinski definition) is 3. The molecule has 1 aliphatic rings. The lowest BCUT2D eigenvalue weighted by molar-refractivity contribution is -0.142. The Morgan fingerprint density at radius 2 is 1.90 bits per heavy atom. The van der Waals surface area contributed by atoms with Crippen LogP contribution in [0.1, 0.15) is 42.3 Å². The van der Waals surface area contributed by atoms with Crippen LogP contribution in [0, 0.1) is 5.41 Å². The molecule has 0 bridgehead atoms. The number of aliphatic carboxylic acids is 1. The third-order valence-corrected chi connectivity index (χ3v) is 3.49. The van der Waals surface area contributed by atoms with E-state index < -0.39 is 17.4 Å². The first-order valence-electron chi connectivity index (χ1n) is 6.65. The number of carboxylic acid groups (broad SMARTS) is 1. The van der Waals surface area contributed by atoms with Crippen LogP contribution in [0.5, 0.6) is 0 Å². The van der Waals surface area contributed by atoms with Crippen molar-refractivity contribution in [2.24, 2.45) is 5.41 Å². The minimum atomic E-state index is -1.02. The molecule has 3 N–H and O–H groups in total. The second-order valence-electron chi connectivity index (χ2n) is 6.20. The van der Waals surface area contributed by atoms with E-state index in [0.29, 0.717) is 5.56 Å². The second-order valence-corrected chi connectivity index (χ2v) is 6.20. The predicted octanol–water partition coefficient (Wildman–Crippen LogP) is 1.52. The van der Waals surface area contributed by atoms with Crippen LogP contribution in [-0.4, -0.2) is 23.0 Å². The highest BCUT2D eigenvalue weighted by Crippen LogP contribution is 2.21. The Bertz CT molecular complexity index is 547. The summed E-state index contributed by atoms with van der Waals surface area (Å²) < 4.78 is 0. The molecular formula is C15H20N2O3. The fraction of sp³-hybridized carbons (Fsp3) is 0.467. The monoisotopic (exact) mass is 276 g/mol. The van der Waals surface area contributed by atoms with Gasteiger partial charge in [-0.1, -0.05) is 26.8 Å². The van der Waals surface area contributed by atoms with Gasteiger partial charge in [0.2, 0.25) is 0 Å². The van der Waals surface area contributed by atoms with Crippen molar-refractivity contribution in [3.05, 3.63) is 34.9 Å². The fourth-order valence-electron chi connectivity index (χ4n) is 2.30. The van der Waals surface area contributed by atoms with Gasteiger partial charge in [-0.3, -0.25) is 4.79 Å². The van der Waals surface area contributed by atoms with Gasteiger partial charge in [0.05, 0.1) is 0 Å². The summed E-state index contributed by atoms with van der Waals surface area (Å²) in [4.78, 5) is 23.5. The molecule has 108 valence electrons. The zero-order chi connectivity index (χ0) is 14.9. The molecule has 1 aromatic carbocycles. The Kier molecular flexibility index (Phi) is 3.81. The highest BCUT2D eigenvalue weighted by atomic mass is 16.4. The molecule has 0 saturated carbocycles. The zero-order valence-corrected chi connectivity index (χ0v) is 12.0. The standard InChI is InChI=1S/C15H20N2O3/c1-15(2,3)12(14(19)20)17-13(18)9-4-5-10-7-16-8-11(10)6-9/h4-6,12,16H,7-8H2,1-3H3,(H,17,18)(H,19,20)/t12-/m0/s1. The highest BCUT2D eigenvalue weighted by Gasteiger charge is 2.32. The molecule has 0 spiro atoms. The SMILES string of the molecule is CC(C)(C)[C@@H](NC(=O)c1ccc2c(c1)CNC2)C(=O)O. The molecule has 0 unspecified atom stereocenters. The van der Waals surface area contributed by atoms with Gasteiger partial charge in [-0.15, -0.1) is 0 Å². The van der Waals surface area contributed by atoms with Crippen molar-refractivity contribution in [3.8, 4) is 0 Å². The van der Waals surface area contributed by atoms with E-state index in [0.717, 1.165) is 18.7 Å². The number of nitrogens with one attached hydrogen (secondary N) is 2. The van der Waals surface area contributed by atoms with Crippen LogP contribution in [-0.2, 0) is 17.9 Å². The lowest BCUT2D eigenvalue weighted by Gasteiger charge is -2.27. The lowest BCUT2D eigenvalue weighted by atomic mass is 9.86. The van der Waals surface area contributed by atoms with Crippen LogP contribution in [0.15, 0.2) is 18.2 Å². The average Bonchev–Trinajstić information content (AvgIpc) is 2.80. The summed E-state index contributed by atoms with van der Waals surface area (Å²) in [5, 5.41) is 15.1. The fourth-order valence-corrected chi connectivity index (χ4v) is 2.30. The number of carbonyl (C=O) groups is 2. The van der Waals surface area contributed by atoms with E-state index in [1.54, 1.807) is 26.8 Å². The van der Waals surface area contributed by atoms with Gasteiger partial charge in [-0.05, 0) is 28.7 Å². The Labute approximate surface area is 118 Å². The maximum atomic E-state index is 12.2. The number of fused-ring (bicyclic) bond motifs is 1. The van der Waals surface area contributed by atoms with Crippen molar-refractivity contribution < 1.29 is 14.7 Å². The molecule has 0 saturated heterocycles. The molecule has 5 heteroatoms. The molecule has 0 aliphatic carbocycles. The summed E-state index contributed by atoms with van der Waals surface area (Å²) in [7, 11) is 0. The predicted molar refractivity (Wildman–Crippen MR) is 75.3 cm³/mol. The minimum Gasteiger partial charge on any atom is -0.480 e. The Hall–Kier alpha value is -1.88. The Balaban J connectivity index is 2.17. The van der Waals surface area contributed by atoms with E-state index in [2.05, 4.69) is 10.6 Å². The Morgan fingerprint density at radius 3 is 2.50 bits per heavy atom. The number of rotatable bonds is 3. The van der Waals surface area contributed by atoms with Crippen LogP contribution in [0.4, 0.5) is 0 Å². The van der Waals surface area contributed by atoms with Crippen molar-refractivity contribution in [1.82, 2.24) is 10.6 Å². The van der Waals surface area contributed by atoms with Crippen molar-refractivity contribution in [2.45, 2.75) is 39.9 Å². The molecule has 1 aliphatic heterocycles. The third-order valence-electron chi connectivity index (χ3n) is 3.49. The number of carboxylic acids is 1. The molecular weight excluding hydrogens is 256 g/mol. The van der Waals surface area contributed by atoms with E-state index in [-0.39, 0.29) is 5.91 Å². The van der Waals surface area contributed by atoms with Crippen molar-refractivity contribution >= 4 is 11.9 Å². The molecule has 1 amide bonds. The molecule has 1 aromatic rings. The second kappa shape index (κ2) is 5.25. The topological polar surface area (TPSA) is 78.4 Å². The van der Waals surface area contributed by atoms with Gasteiger partial charge in [0, 0.05) is 18.7 Å². The van der Waals surface area contributed by atoms with E-state index >= 15 is 0 Å². The van der Waals surface area contributed by atoms with Gasteiger partial charge < -0.3 is 15.7 Å². The van der Waals surface area contributed by atoms with Gasteiger partial charge in [-0.2, -0.15) is 0 Å². The van der Waals surface area contributed by atoms with Gasteiger partial charge in [0.1, 0.15) is 6.04 Å². The molecule has 5 nitrogen and oxygen atoms in total. The maximum absolute atomic E-state index is 12.2. The van der Waals surface area contributed by atoms with Gasteiger partial charge >= 0.3 is 5.97 Å². The molecule has 2 rings (SSSR count). The summed E-state index contributed by atoms with van der Waals surface area (Å²) in [6.07, 6.45) is 0. The summed E-state index contributed by atoms with van der Waals surface area (Å²) in [5.41, 5.74) is 2.25. The first-order valence-corrected chi connectivity index (χ1v) is 6.65. The van der Waals surface area contributed by atoms with Crippen LogP contribution in [0.3, 0.4) is 0 Å². The lowest BCUT2D eigenvalue weighted by Crippen LogP contribution is -2.49. The number of carbonyl (C=O) groups excluding carboxylic acids is 1. The van der Waals surface area contributed by atoms with Gasteiger partial charge in [0.15, 0.2) is 0 Å². The van der Waals surface area contributed by atoms with Crippen LogP contribution < -0.4 is 10.6 Å². The summed E-state index contributed by atoms with van der Waals surface area (Å²) >= 11 is 0. The maximum Gasteiger partial charge on any atom is 0.326 e. The minimum absolute atomic E-state index is 0.345. The summed E-state index contributed by atoms with van der Waals surface area (Å²) in [6.45, 7) is 6.94. The van der Waals surface area contributed by atoms with E-state index in [9.17, 15) is 14.7 Å². The average molecular weight is 276 g/mol. The van der Waals surface area contributed by atoms with E-state index in [1.165, 1.54) is 5.56 Å². The number of amides is 1.